The van der Waals surface area contributed by atoms with Crippen molar-refractivity contribution in [2.24, 2.45) is 0 Å². The zero-order valence-corrected chi connectivity index (χ0v) is 15.2. The molecule has 24 heavy (non-hydrogen) atoms. The van der Waals surface area contributed by atoms with Gasteiger partial charge in [0.05, 0.1) is 6.61 Å². The van der Waals surface area contributed by atoms with Crippen LogP contribution in [0, 0.1) is 0 Å². The molecule has 1 amide bonds. The van der Waals surface area contributed by atoms with Crippen molar-refractivity contribution in [2.75, 3.05) is 11.9 Å². The third kappa shape index (κ3) is 6.42. The highest BCUT2D eigenvalue weighted by Crippen LogP contribution is 2.22. The van der Waals surface area contributed by atoms with Crippen LogP contribution >= 0.6 is 23.2 Å². The molecule has 1 N–H and O–H groups in total. The second kappa shape index (κ2) is 9.55. The van der Waals surface area contributed by atoms with Gasteiger partial charge in [-0.1, -0.05) is 48.7 Å². The molecule has 0 bridgehead atoms. The van der Waals surface area contributed by atoms with E-state index in [1.165, 1.54) is 5.56 Å². The van der Waals surface area contributed by atoms with Crippen molar-refractivity contribution in [3.05, 3.63) is 58.1 Å². The fourth-order valence-electron chi connectivity index (χ4n) is 2.31. The quantitative estimate of drug-likeness (QED) is 0.605. The topological polar surface area (TPSA) is 38.3 Å². The molecule has 128 valence electrons. The average Bonchev–Trinajstić information content (AvgIpc) is 2.52. The Morgan fingerprint density at radius 3 is 2.38 bits per heavy atom. The van der Waals surface area contributed by atoms with Crippen molar-refractivity contribution in [1.29, 1.82) is 0 Å². The van der Waals surface area contributed by atoms with E-state index >= 15 is 0 Å². The van der Waals surface area contributed by atoms with Crippen LogP contribution in [-0.4, -0.2) is 12.5 Å². The highest BCUT2D eigenvalue weighted by Gasteiger charge is 2.05. The van der Waals surface area contributed by atoms with Gasteiger partial charge in [-0.25, -0.2) is 0 Å². The number of hydrogen-bond acceptors (Lipinski definition) is 2. The average molecular weight is 366 g/mol. The van der Waals surface area contributed by atoms with Gasteiger partial charge in [0.15, 0.2) is 0 Å². The monoisotopic (exact) mass is 365 g/mol. The highest BCUT2D eigenvalue weighted by molar-refractivity contribution is 6.35. The minimum absolute atomic E-state index is 0.0878. The summed E-state index contributed by atoms with van der Waals surface area (Å²) in [6.45, 7) is 2.66. The second-order valence-electron chi connectivity index (χ2n) is 5.55. The summed E-state index contributed by atoms with van der Waals surface area (Å²) in [4.78, 5) is 11.9. The summed E-state index contributed by atoms with van der Waals surface area (Å²) < 4.78 is 5.66. The number of halogens is 2. The summed E-state index contributed by atoms with van der Waals surface area (Å²) in [7, 11) is 0. The van der Waals surface area contributed by atoms with E-state index in [0.29, 0.717) is 35.2 Å². The summed E-state index contributed by atoms with van der Waals surface area (Å²) in [5.74, 6) is 0.743. The number of hydrogen-bond donors (Lipinski definition) is 1. The van der Waals surface area contributed by atoms with Gasteiger partial charge in [-0.05, 0) is 48.7 Å². The Hall–Kier alpha value is -1.71. The van der Waals surface area contributed by atoms with Gasteiger partial charge in [0.2, 0.25) is 5.91 Å². The van der Waals surface area contributed by atoms with Crippen molar-refractivity contribution >= 4 is 34.8 Å². The molecular weight excluding hydrogens is 345 g/mol. The molecule has 0 aliphatic rings. The molecule has 2 aromatic rings. The fraction of sp³-hybridized carbons (Fsp3) is 0.316. The van der Waals surface area contributed by atoms with Gasteiger partial charge in [0, 0.05) is 22.2 Å². The maximum absolute atomic E-state index is 11.9. The number of anilines is 1. The van der Waals surface area contributed by atoms with E-state index in [2.05, 4.69) is 24.4 Å². The number of aryl methyl sites for hydroxylation is 1. The Bertz CT molecular complexity index is 651. The third-order valence-electron chi connectivity index (χ3n) is 3.43. The first-order valence-corrected chi connectivity index (χ1v) is 8.80. The summed E-state index contributed by atoms with van der Waals surface area (Å²) in [5, 5.41) is 3.77. The van der Waals surface area contributed by atoms with Gasteiger partial charge in [-0.15, -0.1) is 0 Å². The van der Waals surface area contributed by atoms with Crippen molar-refractivity contribution in [3.8, 4) is 5.75 Å². The van der Waals surface area contributed by atoms with Crippen LogP contribution in [0.25, 0.3) is 0 Å². The molecule has 3 nitrogen and oxygen atoms in total. The van der Waals surface area contributed by atoms with Crippen LogP contribution in [-0.2, 0) is 11.2 Å². The van der Waals surface area contributed by atoms with Crippen LogP contribution < -0.4 is 10.1 Å². The van der Waals surface area contributed by atoms with Crippen molar-refractivity contribution in [2.45, 2.75) is 32.6 Å². The SMILES string of the molecule is CCCc1ccc(OCCCC(=O)Nc2cc(Cl)cc(Cl)c2)cc1. The molecule has 0 fully saturated rings. The van der Waals surface area contributed by atoms with E-state index in [-0.39, 0.29) is 5.91 Å². The Kier molecular flexibility index (Phi) is 7.41. The molecule has 0 saturated carbocycles. The van der Waals surface area contributed by atoms with E-state index < -0.39 is 0 Å². The fourth-order valence-corrected chi connectivity index (χ4v) is 2.84. The Morgan fingerprint density at radius 2 is 1.75 bits per heavy atom. The molecule has 0 heterocycles. The van der Waals surface area contributed by atoms with E-state index in [4.69, 9.17) is 27.9 Å². The zero-order chi connectivity index (χ0) is 17.4. The van der Waals surface area contributed by atoms with Crippen LogP contribution in [0.2, 0.25) is 10.0 Å². The number of rotatable bonds is 8. The minimum Gasteiger partial charge on any atom is -0.494 e. The van der Waals surface area contributed by atoms with Crippen molar-refractivity contribution in [1.82, 2.24) is 0 Å². The molecule has 0 unspecified atom stereocenters. The van der Waals surface area contributed by atoms with Crippen LogP contribution in [0.4, 0.5) is 5.69 Å². The lowest BCUT2D eigenvalue weighted by Crippen LogP contribution is -2.12. The van der Waals surface area contributed by atoms with Gasteiger partial charge >= 0.3 is 0 Å². The number of amides is 1. The number of benzene rings is 2. The molecule has 0 spiro atoms. The van der Waals surface area contributed by atoms with Crippen molar-refractivity contribution in [3.63, 3.8) is 0 Å². The smallest absolute Gasteiger partial charge is 0.224 e. The summed E-state index contributed by atoms with van der Waals surface area (Å²) in [6, 6.07) is 13.1. The van der Waals surface area contributed by atoms with Crippen LogP contribution in [0.5, 0.6) is 5.75 Å². The maximum Gasteiger partial charge on any atom is 0.224 e. The van der Waals surface area contributed by atoms with Gasteiger partial charge in [-0.2, -0.15) is 0 Å². The molecule has 5 heteroatoms. The molecule has 0 saturated heterocycles. The predicted molar refractivity (Wildman–Crippen MR) is 100 cm³/mol. The van der Waals surface area contributed by atoms with Crippen molar-refractivity contribution < 1.29 is 9.53 Å². The first-order valence-electron chi connectivity index (χ1n) is 8.04. The molecule has 0 atom stereocenters. The molecule has 0 aliphatic heterocycles. The lowest BCUT2D eigenvalue weighted by atomic mass is 10.1. The first-order chi connectivity index (χ1) is 11.6. The predicted octanol–water partition coefficient (Wildman–Crippen LogP) is 5.74. The third-order valence-corrected chi connectivity index (χ3v) is 3.86. The zero-order valence-electron chi connectivity index (χ0n) is 13.6. The standard InChI is InChI=1S/C19H21Cl2NO2/c1-2-4-14-6-8-18(9-7-14)24-10-3-5-19(23)22-17-12-15(20)11-16(21)13-17/h6-9,11-13H,2-5,10H2,1H3,(H,22,23). The summed E-state index contributed by atoms with van der Waals surface area (Å²) in [5.41, 5.74) is 1.91. The number of ether oxygens (including phenoxy) is 1. The molecule has 0 aromatic heterocycles. The van der Waals surface area contributed by atoms with Gasteiger partial charge < -0.3 is 10.1 Å². The van der Waals surface area contributed by atoms with Crippen LogP contribution in [0.1, 0.15) is 31.7 Å². The first kappa shape index (κ1) is 18.6. The van der Waals surface area contributed by atoms with Gasteiger partial charge in [0.25, 0.3) is 0 Å². The molecule has 2 aromatic carbocycles. The minimum atomic E-state index is -0.0878. The highest BCUT2D eigenvalue weighted by atomic mass is 35.5. The Balaban J connectivity index is 1.70. The summed E-state index contributed by atoms with van der Waals surface area (Å²) >= 11 is 11.8. The Labute approximate surface area is 152 Å². The van der Waals surface area contributed by atoms with E-state index in [0.717, 1.165) is 18.6 Å². The largest absolute Gasteiger partial charge is 0.494 e. The summed E-state index contributed by atoms with van der Waals surface area (Å²) in [6.07, 6.45) is 3.22. The normalized spacial score (nSPS) is 10.5. The maximum atomic E-state index is 11.9. The van der Waals surface area contributed by atoms with Crippen LogP contribution in [0.15, 0.2) is 42.5 Å². The molecule has 0 aliphatic carbocycles. The van der Waals surface area contributed by atoms with E-state index in [9.17, 15) is 4.79 Å². The van der Waals surface area contributed by atoms with Gasteiger partial charge in [-0.3, -0.25) is 4.79 Å². The number of carbonyl (C=O) groups excluding carboxylic acids is 1. The Morgan fingerprint density at radius 1 is 1.08 bits per heavy atom. The van der Waals surface area contributed by atoms with E-state index in [1.54, 1.807) is 18.2 Å². The molecular formula is C19H21Cl2NO2. The molecule has 2 rings (SSSR count). The number of nitrogens with one attached hydrogen (secondary N) is 1. The molecule has 0 radical (unpaired) electrons. The van der Waals surface area contributed by atoms with Crippen LogP contribution in [0.3, 0.4) is 0 Å². The van der Waals surface area contributed by atoms with E-state index in [1.807, 2.05) is 12.1 Å². The number of carbonyl (C=O) groups is 1. The lowest BCUT2D eigenvalue weighted by Gasteiger charge is -2.08. The van der Waals surface area contributed by atoms with Gasteiger partial charge in [0.1, 0.15) is 5.75 Å². The second-order valence-corrected chi connectivity index (χ2v) is 6.43. The lowest BCUT2D eigenvalue weighted by molar-refractivity contribution is -0.116.